The first-order valence-corrected chi connectivity index (χ1v) is 10.3. The lowest BCUT2D eigenvalue weighted by Crippen LogP contribution is -2.57. The predicted molar refractivity (Wildman–Crippen MR) is 105 cm³/mol. The van der Waals surface area contributed by atoms with E-state index in [2.05, 4.69) is 12.2 Å². The van der Waals surface area contributed by atoms with Crippen LogP contribution in [0.1, 0.15) is 84.0 Å². The number of aliphatic carboxylic acids is 1. The summed E-state index contributed by atoms with van der Waals surface area (Å²) >= 11 is 0. The summed E-state index contributed by atoms with van der Waals surface area (Å²) in [5.41, 5.74) is -1.34. The van der Waals surface area contributed by atoms with Gasteiger partial charge in [0.15, 0.2) is 0 Å². The number of aliphatic hydroxyl groups excluding tert-OH is 2. The fraction of sp³-hybridized carbons (Fsp3) is 0.900. The molecule has 0 unspecified atom stereocenters. The van der Waals surface area contributed by atoms with Gasteiger partial charge in [-0.05, 0) is 6.42 Å². The molecule has 0 bridgehead atoms. The Morgan fingerprint density at radius 2 is 1.33 bits per heavy atom. The second-order valence-corrected chi connectivity index (χ2v) is 7.32. The average Bonchev–Trinajstić information content (AvgIpc) is 2.65. The number of carboxylic acids is 1. The first kappa shape index (κ1) is 25.8. The van der Waals surface area contributed by atoms with E-state index in [9.17, 15) is 19.8 Å². The highest BCUT2D eigenvalue weighted by Gasteiger charge is 2.31. The number of amides is 1. The van der Waals surface area contributed by atoms with Gasteiger partial charge in [0.2, 0.25) is 5.91 Å². The molecule has 160 valence electrons. The maximum atomic E-state index is 12.0. The summed E-state index contributed by atoms with van der Waals surface area (Å²) in [4.78, 5) is 22.5. The molecule has 7 nitrogen and oxygen atoms in total. The Labute approximate surface area is 163 Å². The van der Waals surface area contributed by atoms with Gasteiger partial charge in [-0.15, -0.1) is 0 Å². The van der Waals surface area contributed by atoms with Crippen LogP contribution in [0.25, 0.3) is 0 Å². The standard InChI is InChI=1S/C20H39NO6/c1-2-3-4-5-6-7-8-9-10-11-12-13-18(24)21-20(15-22,16-23)17-27-14-19(25)26/h22-23H,2-17H2,1H3,(H,21,24)(H,25,26). The van der Waals surface area contributed by atoms with Gasteiger partial charge in [0.25, 0.3) is 0 Å². The van der Waals surface area contributed by atoms with Gasteiger partial charge in [-0.1, -0.05) is 71.1 Å². The molecule has 0 fully saturated rings. The topological polar surface area (TPSA) is 116 Å². The molecule has 0 saturated heterocycles. The maximum absolute atomic E-state index is 12.0. The molecule has 1 amide bonds. The molecule has 0 atom stereocenters. The van der Waals surface area contributed by atoms with E-state index in [1.807, 2.05) is 0 Å². The third kappa shape index (κ3) is 14.5. The average molecular weight is 390 g/mol. The molecule has 0 aromatic heterocycles. The molecule has 0 spiro atoms. The van der Waals surface area contributed by atoms with Crippen LogP contribution in [0, 0.1) is 0 Å². The summed E-state index contributed by atoms with van der Waals surface area (Å²) < 4.78 is 4.92. The van der Waals surface area contributed by atoms with E-state index in [0.717, 1.165) is 19.3 Å². The zero-order chi connectivity index (χ0) is 20.4. The molecule has 4 N–H and O–H groups in total. The molecule has 0 aliphatic carbocycles. The van der Waals surface area contributed by atoms with Crippen LogP contribution in [0.15, 0.2) is 0 Å². The highest BCUT2D eigenvalue weighted by molar-refractivity contribution is 5.76. The van der Waals surface area contributed by atoms with Gasteiger partial charge in [0.1, 0.15) is 12.1 Å². The fourth-order valence-electron chi connectivity index (χ4n) is 2.90. The quantitative estimate of drug-likeness (QED) is 0.252. The van der Waals surface area contributed by atoms with Crippen LogP contribution >= 0.6 is 0 Å². The molecule has 7 heteroatoms. The smallest absolute Gasteiger partial charge is 0.329 e. The molecule has 27 heavy (non-hydrogen) atoms. The lowest BCUT2D eigenvalue weighted by Gasteiger charge is -2.30. The summed E-state index contributed by atoms with van der Waals surface area (Å²) in [7, 11) is 0. The summed E-state index contributed by atoms with van der Waals surface area (Å²) in [5, 5.41) is 30.0. The first-order chi connectivity index (χ1) is 13.0. The van der Waals surface area contributed by atoms with E-state index in [1.165, 1.54) is 51.4 Å². The van der Waals surface area contributed by atoms with Crippen molar-refractivity contribution in [1.29, 1.82) is 0 Å². The van der Waals surface area contributed by atoms with Gasteiger partial charge in [-0.3, -0.25) is 4.79 Å². The number of carbonyl (C=O) groups is 2. The Hall–Kier alpha value is -1.18. The van der Waals surface area contributed by atoms with E-state index in [1.54, 1.807) is 0 Å². The molecule has 0 radical (unpaired) electrons. The molecular formula is C20H39NO6. The Kier molecular flexibility index (Phi) is 16.2. The number of carbonyl (C=O) groups excluding carboxylic acids is 1. The van der Waals surface area contributed by atoms with E-state index in [0.29, 0.717) is 6.42 Å². The summed E-state index contributed by atoms with van der Waals surface area (Å²) in [6.07, 6.45) is 13.5. The minimum atomic E-state index is -1.34. The first-order valence-electron chi connectivity index (χ1n) is 10.3. The van der Waals surface area contributed by atoms with Gasteiger partial charge in [-0.2, -0.15) is 0 Å². The molecule has 0 aromatic carbocycles. The summed E-state index contributed by atoms with van der Waals surface area (Å²) in [5.74, 6) is -1.42. The van der Waals surface area contributed by atoms with Crippen molar-refractivity contribution in [2.45, 2.75) is 89.5 Å². The van der Waals surface area contributed by atoms with Gasteiger partial charge >= 0.3 is 5.97 Å². The van der Waals surface area contributed by atoms with E-state index in [4.69, 9.17) is 9.84 Å². The largest absolute Gasteiger partial charge is 0.480 e. The SMILES string of the molecule is CCCCCCCCCCCCCC(=O)NC(CO)(CO)COCC(=O)O. The number of carboxylic acid groups (broad SMARTS) is 1. The van der Waals surface area contributed by atoms with Crippen molar-refractivity contribution >= 4 is 11.9 Å². The number of ether oxygens (including phenoxy) is 1. The van der Waals surface area contributed by atoms with Crippen LogP contribution < -0.4 is 5.32 Å². The molecule has 0 aliphatic heterocycles. The Balaban J connectivity index is 3.79. The molecule has 0 rings (SSSR count). The molecule has 0 aromatic rings. The van der Waals surface area contributed by atoms with Crippen LogP contribution in [0.5, 0.6) is 0 Å². The van der Waals surface area contributed by atoms with Crippen LogP contribution in [0.4, 0.5) is 0 Å². The van der Waals surface area contributed by atoms with Crippen LogP contribution in [-0.2, 0) is 14.3 Å². The molecule has 0 aliphatic rings. The fourth-order valence-corrected chi connectivity index (χ4v) is 2.90. The van der Waals surface area contributed by atoms with E-state index < -0.39 is 31.3 Å². The zero-order valence-corrected chi connectivity index (χ0v) is 16.9. The zero-order valence-electron chi connectivity index (χ0n) is 16.9. The van der Waals surface area contributed by atoms with Crippen molar-refractivity contribution in [3.05, 3.63) is 0 Å². The van der Waals surface area contributed by atoms with Crippen LogP contribution in [0.2, 0.25) is 0 Å². The molecule has 0 heterocycles. The van der Waals surface area contributed by atoms with Crippen molar-refractivity contribution < 1.29 is 29.6 Å². The number of aliphatic hydroxyl groups is 2. The predicted octanol–water partition coefficient (Wildman–Crippen LogP) is 2.63. The lowest BCUT2D eigenvalue weighted by atomic mass is 10.0. The van der Waals surface area contributed by atoms with E-state index >= 15 is 0 Å². The lowest BCUT2D eigenvalue weighted by molar-refractivity contribution is -0.144. The van der Waals surface area contributed by atoms with Crippen molar-refractivity contribution in [2.75, 3.05) is 26.4 Å². The number of hydrogen-bond acceptors (Lipinski definition) is 5. The van der Waals surface area contributed by atoms with Crippen molar-refractivity contribution in [3.8, 4) is 0 Å². The number of unbranched alkanes of at least 4 members (excludes halogenated alkanes) is 10. The van der Waals surface area contributed by atoms with Crippen molar-refractivity contribution in [1.82, 2.24) is 5.32 Å². The van der Waals surface area contributed by atoms with Gasteiger partial charge < -0.3 is 25.4 Å². The molecule has 0 saturated carbocycles. The monoisotopic (exact) mass is 389 g/mol. The van der Waals surface area contributed by atoms with Gasteiger partial charge in [-0.25, -0.2) is 4.79 Å². The Bertz CT molecular complexity index is 385. The third-order valence-electron chi connectivity index (χ3n) is 4.62. The third-order valence-corrected chi connectivity index (χ3v) is 4.62. The van der Waals surface area contributed by atoms with E-state index in [-0.39, 0.29) is 12.5 Å². The minimum absolute atomic E-state index is 0.254. The Morgan fingerprint density at radius 1 is 0.852 bits per heavy atom. The molecular weight excluding hydrogens is 350 g/mol. The minimum Gasteiger partial charge on any atom is -0.480 e. The van der Waals surface area contributed by atoms with Crippen molar-refractivity contribution in [3.63, 3.8) is 0 Å². The van der Waals surface area contributed by atoms with Crippen molar-refractivity contribution in [2.24, 2.45) is 0 Å². The highest BCUT2D eigenvalue weighted by Crippen LogP contribution is 2.12. The van der Waals surface area contributed by atoms with Gasteiger partial charge in [0.05, 0.1) is 19.8 Å². The number of rotatable bonds is 19. The highest BCUT2D eigenvalue weighted by atomic mass is 16.5. The Morgan fingerprint density at radius 3 is 1.78 bits per heavy atom. The van der Waals surface area contributed by atoms with Crippen LogP contribution in [-0.4, -0.2) is 59.2 Å². The van der Waals surface area contributed by atoms with Gasteiger partial charge in [0, 0.05) is 6.42 Å². The summed E-state index contributed by atoms with van der Waals surface area (Å²) in [6.45, 7) is 0.383. The number of nitrogens with one attached hydrogen (secondary N) is 1. The maximum Gasteiger partial charge on any atom is 0.329 e. The summed E-state index contributed by atoms with van der Waals surface area (Å²) in [6, 6.07) is 0. The number of hydrogen-bond donors (Lipinski definition) is 4. The second kappa shape index (κ2) is 17.0. The van der Waals surface area contributed by atoms with Crippen LogP contribution in [0.3, 0.4) is 0 Å². The second-order valence-electron chi connectivity index (χ2n) is 7.32. The normalized spacial score (nSPS) is 11.5.